The molecule has 0 aromatic carbocycles. The van der Waals surface area contributed by atoms with E-state index in [1.54, 1.807) is 0 Å². The average molecular weight is 320 g/mol. The third-order valence-corrected chi connectivity index (χ3v) is 4.70. The molecule has 0 aliphatic carbocycles. The van der Waals surface area contributed by atoms with Gasteiger partial charge in [0.05, 0.1) is 11.6 Å². The van der Waals surface area contributed by atoms with E-state index in [4.69, 9.17) is 16.3 Å². The van der Waals surface area contributed by atoms with Gasteiger partial charge in [-0.15, -0.1) is 0 Å². The highest BCUT2D eigenvalue weighted by molar-refractivity contribution is 7.89. The number of halogens is 1. The van der Waals surface area contributed by atoms with Crippen molar-refractivity contribution in [3.63, 3.8) is 0 Å². The minimum absolute atomic E-state index is 0.0662. The molecule has 2 heterocycles. The van der Waals surface area contributed by atoms with E-state index in [0.717, 1.165) is 13.0 Å². The molecule has 1 aliphatic rings. The lowest BCUT2D eigenvalue weighted by molar-refractivity contribution is 0.192. The highest BCUT2D eigenvalue weighted by Crippen LogP contribution is 2.23. The average Bonchev–Trinajstić information content (AvgIpc) is 2.89. The number of hydrogen-bond acceptors (Lipinski definition) is 5. The van der Waals surface area contributed by atoms with Gasteiger partial charge in [0.2, 0.25) is 10.0 Å². The second-order valence-corrected chi connectivity index (χ2v) is 6.73. The summed E-state index contributed by atoms with van der Waals surface area (Å²) in [6, 6.07) is 1.22. The zero-order valence-electron chi connectivity index (χ0n) is 11.2. The van der Waals surface area contributed by atoms with Gasteiger partial charge in [-0.3, -0.25) is 0 Å². The zero-order chi connectivity index (χ0) is 14.6. The van der Waals surface area contributed by atoms with Gasteiger partial charge in [0.15, 0.2) is 0 Å². The van der Waals surface area contributed by atoms with Crippen LogP contribution in [0.4, 0.5) is 5.82 Å². The van der Waals surface area contributed by atoms with Gasteiger partial charge in [0, 0.05) is 25.4 Å². The molecule has 112 valence electrons. The summed E-state index contributed by atoms with van der Waals surface area (Å²) in [6.07, 6.45) is 2.92. The van der Waals surface area contributed by atoms with E-state index in [0.29, 0.717) is 30.5 Å². The quantitative estimate of drug-likeness (QED) is 0.833. The fourth-order valence-electron chi connectivity index (χ4n) is 1.86. The number of nitrogens with zero attached hydrogens (tertiary/aromatic N) is 1. The maximum Gasteiger partial charge on any atom is 0.242 e. The molecule has 2 N–H and O–H groups in total. The Balaban J connectivity index is 2.13. The van der Waals surface area contributed by atoms with E-state index >= 15 is 0 Å². The van der Waals surface area contributed by atoms with Crippen molar-refractivity contribution < 1.29 is 13.2 Å². The van der Waals surface area contributed by atoms with Gasteiger partial charge in [-0.1, -0.05) is 18.5 Å². The van der Waals surface area contributed by atoms with Crippen LogP contribution in [0.2, 0.25) is 5.02 Å². The Kier molecular flexibility index (Phi) is 5.20. The molecule has 1 fully saturated rings. The van der Waals surface area contributed by atoms with Crippen molar-refractivity contribution in [2.24, 2.45) is 0 Å². The van der Waals surface area contributed by atoms with Crippen molar-refractivity contribution in [3.8, 4) is 0 Å². The molecule has 1 unspecified atom stereocenters. The molecule has 1 aromatic heterocycles. The lowest BCUT2D eigenvalue weighted by Crippen LogP contribution is -2.35. The third kappa shape index (κ3) is 3.82. The number of nitrogens with one attached hydrogen (secondary N) is 2. The number of aromatic nitrogens is 1. The fraction of sp³-hybridized carbons (Fsp3) is 0.583. The van der Waals surface area contributed by atoms with Crippen LogP contribution in [0.3, 0.4) is 0 Å². The third-order valence-electron chi connectivity index (χ3n) is 2.92. The molecule has 0 bridgehead atoms. The monoisotopic (exact) mass is 319 g/mol. The van der Waals surface area contributed by atoms with Crippen LogP contribution >= 0.6 is 11.6 Å². The summed E-state index contributed by atoms with van der Waals surface area (Å²) in [5, 5.41) is 3.33. The number of pyridine rings is 1. The number of sulfonamides is 1. The van der Waals surface area contributed by atoms with Crippen LogP contribution < -0.4 is 10.0 Å². The molecule has 8 heteroatoms. The Bertz CT molecular complexity index is 559. The summed E-state index contributed by atoms with van der Waals surface area (Å²) in [5.74, 6) is 0.497. The zero-order valence-corrected chi connectivity index (χ0v) is 12.8. The summed E-state index contributed by atoms with van der Waals surface area (Å²) in [7, 11) is -3.61. The number of ether oxygens (including phenoxy) is 1. The first kappa shape index (κ1) is 15.5. The molecule has 20 heavy (non-hydrogen) atoms. The van der Waals surface area contributed by atoms with Gasteiger partial charge < -0.3 is 10.1 Å². The Morgan fingerprint density at radius 3 is 2.95 bits per heavy atom. The summed E-state index contributed by atoms with van der Waals surface area (Å²) in [6.45, 7) is 3.73. The Morgan fingerprint density at radius 2 is 2.35 bits per heavy atom. The topological polar surface area (TPSA) is 80.3 Å². The molecule has 1 aliphatic heterocycles. The Morgan fingerprint density at radius 1 is 1.55 bits per heavy atom. The van der Waals surface area contributed by atoms with Crippen LogP contribution in [0.25, 0.3) is 0 Å². The normalized spacial score (nSPS) is 19.2. The van der Waals surface area contributed by atoms with Crippen LogP contribution in [-0.2, 0) is 14.8 Å². The predicted octanol–water partition coefficient (Wildman–Crippen LogP) is 1.62. The van der Waals surface area contributed by atoms with Crippen LogP contribution in [0.1, 0.15) is 19.8 Å². The molecule has 0 amide bonds. The van der Waals surface area contributed by atoms with E-state index in [-0.39, 0.29) is 10.9 Å². The Hall–Kier alpha value is -0.890. The largest absolute Gasteiger partial charge is 0.380 e. The number of hydrogen-bond donors (Lipinski definition) is 2. The lowest BCUT2D eigenvalue weighted by Gasteiger charge is -2.12. The molecule has 0 radical (unpaired) electrons. The fourth-order valence-corrected chi connectivity index (χ4v) is 3.38. The highest BCUT2D eigenvalue weighted by Gasteiger charge is 2.24. The minimum atomic E-state index is -3.61. The molecule has 1 atom stereocenters. The van der Waals surface area contributed by atoms with Gasteiger partial charge in [0.1, 0.15) is 10.7 Å². The molecule has 2 rings (SSSR count). The first-order chi connectivity index (χ1) is 9.53. The summed E-state index contributed by atoms with van der Waals surface area (Å²) >= 11 is 6.05. The maximum absolute atomic E-state index is 12.2. The van der Waals surface area contributed by atoms with Crippen molar-refractivity contribution >= 4 is 27.4 Å². The maximum atomic E-state index is 12.2. The van der Waals surface area contributed by atoms with Crippen LogP contribution in [-0.4, -0.2) is 39.2 Å². The van der Waals surface area contributed by atoms with Crippen molar-refractivity contribution in [1.29, 1.82) is 0 Å². The summed E-state index contributed by atoms with van der Waals surface area (Å²) in [4.78, 5) is 4.13. The minimum Gasteiger partial charge on any atom is -0.380 e. The molecule has 1 aromatic rings. The van der Waals surface area contributed by atoms with Crippen LogP contribution in [0.5, 0.6) is 0 Å². The van der Waals surface area contributed by atoms with Gasteiger partial charge in [-0.2, -0.15) is 0 Å². The van der Waals surface area contributed by atoms with E-state index in [1.807, 2.05) is 6.92 Å². The van der Waals surface area contributed by atoms with E-state index < -0.39 is 10.0 Å². The number of rotatable bonds is 6. The Labute approximate surface area is 123 Å². The number of anilines is 1. The van der Waals surface area contributed by atoms with Gasteiger partial charge in [-0.05, 0) is 18.9 Å². The molecule has 1 saturated heterocycles. The summed E-state index contributed by atoms with van der Waals surface area (Å²) in [5.41, 5.74) is 0. The standard InChI is InChI=1S/C12H18ClN3O3S/c1-2-4-14-12-11(13)6-10(7-15-12)20(17,18)16-9-3-5-19-8-9/h6-7,9,16H,2-5,8H2,1H3,(H,14,15). The smallest absolute Gasteiger partial charge is 0.242 e. The van der Waals surface area contributed by atoms with Crippen molar-refractivity contribution in [1.82, 2.24) is 9.71 Å². The van der Waals surface area contributed by atoms with E-state index in [1.165, 1.54) is 12.3 Å². The van der Waals surface area contributed by atoms with Crippen LogP contribution in [0.15, 0.2) is 17.2 Å². The van der Waals surface area contributed by atoms with Gasteiger partial charge in [0.25, 0.3) is 0 Å². The second-order valence-electron chi connectivity index (χ2n) is 4.61. The van der Waals surface area contributed by atoms with E-state index in [9.17, 15) is 8.42 Å². The molecular weight excluding hydrogens is 302 g/mol. The molecule has 0 spiro atoms. The van der Waals surface area contributed by atoms with E-state index in [2.05, 4.69) is 15.0 Å². The van der Waals surface area contributed by atoms with Crippen molar-refractivity contribution in [3.05, 3.63) is 17.3 Å². The predicted molar refractivity (Wildman–Crippen MR) is 77.6 cm³/mol. The molecule has 6 nitrogen and oxygen atoms in total. The first-order valence-electron chi connectivity index (χ1n) is 6.52. The lowest BCUT2D eigenvalue weighted by atomic mass is 10.3. The van der Waals surface area contributed by atoms with Crippen molar-refractivity contribution in [2.75, 3.05) is 25.1 Å². The van der Waals surface area contributed by atoms with Crippen LogP contribution in [0, 0.1) is 0 Å². The SMILES string of the molecule is CCCNc1ncc(S(=O)(=O)NC2CCOC2)cc1Cl. The second kappa shape index (κ2) is 6.71. The summed E-state index contributed by atoms with van der Waals surface area (Å²) < 4.78 is 32.1. The highest BCUT2D eigenvalue weighted by atomic mass is 35.5. The first-order valence-corrected chi connectivity index (χ1v) is 8.38. The molecular formula is C12H18ClN3O3S. The van der Waals surface area contributed by atoms with Gasteiger partial charge >= 0.3 is 0 Å². The van der Waals surface area contributed by atoms with Gasteiger partial charge in [-0.25, -0.2) is 18.1 Å². The van der Waals surface area contributed by atoms with Crippen molar-refractivity contribution in [2.45, 2.75) is 30.7 Å². The molecule has 0 saturated carbocycles.